The van der Waals surface area contributed by atoms with Gasteiger partial charge in [0.15, 0.2) is 0 Å². The minimum atomic E-state index is -0.662. The van der Waals surface area contributed by atoms with E-state index in [1.54, 1.807) is 16.7 Å². The van der Waals surface area contributed by atoms with Crippen molar-refractivity contribution in [2.75, 3.05) is 36.5 Å². The molecule has 5 rings (SSSR count). The summed E-state index contributed by atoms with van der Waals surface area (Å²) in [7, 11) is 0. The Labute approximate surface area is 253 Å². The third-order valence-electron chi connectivity index (χ3n) is 9.44. The van der Waals surface area contributed by atoms with E-state index in [4.69, 9.17) is 0 Å². The number of benzene rings is 2. The molecule has 2 aromatic carbocycles. The minimum Gasteiger partial charge on any atom is -0.396 e. The zero-order chi connectivity index (χ0) is 29.9. The average Bonchev–Trinajstić information content (AvgIpc) is 3.56. The van der Waals surface area contributed by atoms with Gasteiger partial charge in [-0.1, -0.05) is 30.3 Å². The number of aliphatic hydroxyl groups is 1. The van der Waals surface area contributed by atoms with Gasteiger partial charge in [0.25, 0.3) is 0 Å². The molecular formula is C33H44N4O4S. The SMILES string of the molecule is CCN(CC)c1ccc(NC(=O)C2N(CCCCCO)C(=O)[C@@H]3[C@@H](C(=O)NCc4ccccc4)[C@@]4(C)CCC23S4)cc1. The van der Waals surface area contributed by atoms with Crippen molar-refractivity contribution in [2.24, 2.45) is 11.8 Å². The highest BCUT2D eigenvalue weighted by Gasteiger charge is 2.77. The van der Waals surface area contributed by atoms with Crippen LogP contribution in [0.2, 0.25) is 0 Å². The fourth-order valence-corrected chi connectivity index (χ4v) is 9.74. The van der Waals surface area contributed by atoms with Gasteiger partial charge < -0.3 is 25.5 Å². The summed E-state index contributed by atoms with van der Waals surface area (Å²) in [6.45, 7) is 9.07. The van der Waals surface area contributed by atoms with Gasteiger partial charge in [-0.15, -0.1) is 11.8 Å². The molecule has 2 unspecified atom stereocenters. The number of anilines is 2. The monoisotopic (exact) mass is 592 g/mol. The second-order valence-electron chi connectivity index (χ2n) is 12.0. The number of nitrogens with zero attached hydrogens (tertiary/aromatic N) is 2. The van der Waals surface area contributed by atoms with Gasteiger partial charge in [0.2, 0.25) is 17.7 Å². The topological polar surface area (TPSA) is 102 Å². The second kappa shape index (κ2) is 12.7. The molecule has 9 heteroatoms. The molecule has 226 valence electrons. The van der Waals surface area contributed by atoms with E-state index in [0.717, 1.165) is 43.6 Å². The Morgan fingerprint density at radius 3 is 2.38 bits per heavy atom. The van der Waals surface area contributed by atoms with E-state index >= 15 is 0 Å². The molecule has 0 radical (unpaired) electrons. The number of hydrogen-bond acceptors (Lipinski definition) is 6. The summed E-state index contributed by atoms with van der Waals surface area (Å²) in [4.78, 5) is 46.1. The van der Waals surface area contributed by atoms with Gasteiger partial charge in [0.1, 0.15) is 6.04 Å². The predicted molar refractivity (Wildman–Crippen MR) is 168 cm³/mol. The lowest BCUT2D eigenvalue weighted by Gasteiger charge is -2.35. The zero-order valence-electron chi connectivity index (χ0n) is 25.0. The first-order valence-electron chi connectivity index (χ1n) is 15.4. The Kier molecular flexibility index (Phi) is 9.18. The highest BCUT2D eigenvalue weighted by molar-refractivity contribution is 8.02. The van der Waals surface area contributed by atoms with E-state index in [2.05, 4.69) is 36.3 Å². The first-order chi connectivity index (χ1) is 20.3. The molecule has 5 atom stereocenters. The van der Waals surface area contributed by atoms with Gasteiger partial charge in [-0.25, -0.2) is 0 Å². The second-order valence-corrected chi connectivity index (χ2v) is 13.9. The van der Waals surface area contributed by atoms with Crippen LogP contribution in [0.3, 0.4) is 0 Å². The van der Waals surface area contributed by atoms with Gasteiger partial charge in [0.05, 0.1) is 16.6 Å². The number of hydrogen-bond donors (Lipinski definition) is 3. The van der Waals surface area contributed by atoms with E-state index in [1.807, 2.05) is 54.6 Å². The van der Waals surface area contributed by atoms with Crippen molar-refractivity contribution in [1.29, 1.82) is 0 Å². The van der Waals surface area contributed by atoms with Gasteiger partial charge in [-0.05, 0) is 82.7 Å². The number of aliphatic hydroxyl groups excluding tert-OH is 1. The molecule has 8 nitrogen and oxygen atoms in total. The van der Waals surface area contributed by atoms with Crippen molar-refractivity contribution >= 4 is 40.9 Å². The van der Waals surface area contributed by atoms with E-state index in [0.29, 0.717) is 31.6 Å². The molecule has 2 bridgehead atoms. The number of fused-ring (bicyclic) bond motifs is 1. The summed E-state index contributed by atoms with van der Waals surface area (Å²) in [6, 6.07) is 17.0. The molecular weight excluding hydrogens is 548 g/mol. The van der Waals surface area contributed by atoms with Crippen LogP contribution in [0.1, 0.15) is 58.4 Å². The van der Waals surface area contributed by atoms with Crippen LogP contribution in [-0.2, 0) is 20.9 Å². The fourth-order valence-electron chi connectivity index (χ4n) is 7.39. The van der Waals surface area contributed by atoms with Crippen LogP contribution in [0.25, 0.3) is 0 Å². The highest BCUT2D eigenvalue weighted by Crippen LogP contribution is 2.71. The summed E-state index contributed by atoms with van der Waals surface area (Å²) in [5.41, 5.74) is 2.80. The molecule has 3 aliphatic heterocycles. The van der Waals surface area contributed by atoms with Gasteiger partial charge in [-0.3, -0.25) is 14.4 Å². The normalized spacial score (nSPS) is 27.7. The summed E-state index contributed by atoms with van der Waals surface area (Å²) in [5.74, 6) is -1.44. The lowest BCUT2D eigenvalue weighted by molar-refractivity contribution is -0.140. The molecule has 3 N–H and O–H groups in total. The standard InChI is InChI=1S/C33H44N4O4S/c1-4-36(5-2)25-16-14-24(15-17-25)35-30(40)28-33-19-18-32(3,42-33)26(29(39)34-22-23-12-8-6-9-13-23)27(33)31(41)37(28)20-10-7-11-21-38/h6,8-9,12-17,26-28,38H,4-5,7,10-11,18-22H2,1-3H3,(H,34,39)(H,35,40)/t26-,27-,28?,32+,33?/m0/s1. The Morgan fingerprint density at radius 1 is 1.00 bits per heavy atom. The first kappa shape index (κ1) is 30.4. The van der Waals surface area contributed by atoms with Crippen LogP contribution < -0.4 is 15.5 Å². The highest BCUT2D eigenvalue weighted by atomic mass is 32.2. The van der Waals surface area contributed by atoms with Crippen molar-refractivity contribution < 1.29 is 19.5 Å². The lowest BCUT2D eigenvalue weighted by Crippen LogP contribution is -2.52. The van der Waals surface area contributed by atoms with Crippen LogP contribution in [0.5, 0.6) is 0 Å². The number of rotatable bonds is 13. The first-order valence-corrected chi connectivity index (χ1v) is 16.2. The van der Waals surface area contributed by atoms with E-state index in [-0.39, 0.29) is 24.3 Å². The quantitative estimate of drug-likeness (QED) is 0.298. The number of amides is 3. The summed E-state index contributed by atoms with van der Waals surface area (Å²) in [5, 5.41) is 15.5. The van der Waals surface area contributed by atoms with Crippen LogP contribution >= 0.6 is 11.8 Å². The lowest BCUT2D eigenvalue weighted by atomic mass is 9.66. The van der Waals surface area contributed by atoms with Crippen molar-refractivity contribution in [3.63, 3.8) is 0 Å². The van der Waals surface area contributed by atoms with Gasteiger partial charge >= 0.3 is 0 Å². The largest absolute Gasteiger partial charge is 0.396 e. The molecule has 42 heavy (non-hydrogen) atoms. The van der Waals surface area contributed by atoms with E-state index in [9.17, 15) is 19.5 Å². The predicted octanol–water partition coefficient (Wildman–Crippen LogP) is 4.43. The molecule has 3 amide bonds. The van der Waals surface area contributed by atoms with Crippen LogP contribution in [0, 0.1) is 11.8 Å². The molecule has 3 fully saturated rings. The number of unbranched alkanes of at least 4 members (excludes halogenated alkanes) is 2. The van der Waals surface area contributed by atoms with Crippen LogP contribution in [-0.4, -0.2) is 69.5 Å². The van der Waals surface area contributed by atoms with Crippen LogP contribution in [0.15, 0.2) is 54.6 Å². The van der Waals surface area contributed by atoms with E-state index in [1.165, 1.54) is 0 Å². The third-order valence-corrected chi connectivity index (χ3v) is 11.4. The average molecular weight is 593 g/mol. The van der Waals surface area contributed by atoms with Gasteiger partial charge in [0, 0.05) is 48.9 Å². The zero-order valence-corrected chi connectivity index (χ0v) is 25.8. The maximum atomic E-state index is 14.2. The molecule has 0 aromatic heterocycles. The van der Waals surface area contributed by atoms with Crippen molar-refractivity contribution in [3.05, 3.63) is 60.2 Å². The molecule has 3 heterocycles. The molecule has 0 aliphatic carbocycles. The summed E-state index contributed by atoms with van der Waals surface area (Å²) < 4.78 is -1.06. The van der Waals surface area contributed by atoms with Crippen molar-refractivity contribution in [2.45, 2.75) is 75.0 Å². The smallest absolute Gasteiger partial charge is 0.248 e. The molecule has 1 spiro atoms. The number of carbonyl (C=O) groups is 3. The fraction of sp³-hybridized carbons (Fsp3) is 0.545. The molecule has 0 saturated carbocycles. The van der Waals surface area contributed by atoms with Crippen LogP contribution in [0.4, 0.5) is 11.4 Å². The maximum absolute atomic E-state index is 14.2. The minimum absolute atomic E-state index is 0.0909. The maximum Gasteiger partial charge on any atom is 0.248 e. The number of carbonyl (C=O) groups excluding carboxylic acids is 3. The summed E-state index contributed by atoms with van der Waals surface area (Å²) >= 11 is 1.69. The Morgan fingerprint density at radius 2 is 1.71 bits per heavy atom. The molecule has 2 aromatic rings. The molecule has 3 aliphatic rings. The Bertz CT molecular complexity index is 1270. The summed E-state index contributed by atoms with van der Waals surface area (Å²) in [6.07, 6.45) is 3.63. The van der Waals surface area contributed by atoms with Gasteiger partial charge in [-0.2, -0.15) is 0 Å². The van der Waals surface area contributed by atoms with E-state index < -0.39 is 27.4 Å². The Balaban J connectivity index is 1.40. The number of nitrogens with one attached hydrogen (secondary N) is 2. The van der Waals surface area contributed by atoms with Crippen molar-refractivity contribution in [3.8, 4) is 0 Å². The van der Waals surface area contributed by atoms with Crippen molar-refractivity contribution in [1.82, 2.24) is 10.2 Å². The number of thioether (sulfide) groups is 1. The number of likely N-dealkylation sites (tertiary alicyclic amines) is 1. The Hall–Kier alpha value is -3.04. The third kappa shape index (κ3) is 5.53. The molecule has 3 saturated heterocycles.